The third-order valence-corrected chi connectivity index (χ3v) is 3.95. The van der Waals surface area contributed by atoms with Crippen LogP contribution in [0.1, 0.15) is 36.0 Å². The fourth-order valence-corrected chi connectivity index (χ4v) is 2.79. The van der Waals surface area contributed by atoms with Gasteiger partial charge in [-0.1, -0.05) is 23.4 Å². The fraction of sp³-hybridized carbons (Fsp3) is 0.438. The van der Waals surface area contributed by atoms with Gasteiger partial charge in [-0.15, -0.1) is 0 Å². The Labute approximate surface area is 129 Å². The van der Waals surface area contributed by atoms with Crippen molar-refractivity contribution in [3.05, 3.63) is 41.5 Å². The Bertz CT molecular complexity index is 668. The third-order valence-electron chi connectivity index (χ3n) is 3.95. The molecule has 0 unspecified atom stereocenters. The highest BCUT2D eigenvalue weighted by atomic mass is 16.5. The molecule has 1 aliphatic heterocycles. The Morgan fingerprint density at radius 3 is 2.95 bits per heavy atom. The van der Waals surface area contributed by atoms with Crippen molar-refractivity contribution in [2.45, 2.75) is 32.2 Å². The van der Waals surface area contributed by atoms with Gasteiger partial charge in [-0.05, 0) is 19.4 Å². The summed E-state index contributed by atoms with van der Waals surface area (Å²) in [5.74, 6) is 2.30. The van der Waals surface area contributed by atoms with Crippen LogP contribution in [0.25, 0.3) is 0 Å². The Kier molecular flexibility index (Phi) is 4.09. The number of aryl methyl sites for hydroxylation is 1. The topological polar surface area (TPSA) is 68.5 Å². The average Bonchev–Trinajstić information content (AvgIpc) is 2.96. The van der Waals surface area contributed by atoms with E-state index in [1.165, 1.54) is 0 Å². The summed E-state index contributed by atoms with van der Waals surface area (Å²) in [5, 5.41) is 3.84. The number of nitrogens with zero attached hydrogens (tertiary/aromatic N) is 3. The molecule has 1 saturated heterocycles. The highest BCUT2D eigenvalue weighted by Gasteiger charge is 2.30. The van der Waals surface area contributed by atoms with Gasteiger partial charge in [0, 0.05) is 25.1 Å². The van der Waals surface area contributed by atoms with Crippen LogP contribution in [0.4, 0.5) is 0 Å². The molecule has 116 valence electrons. The van der Waals surface area contributed by atoms with E-state index in [0.717, 1.165) is 17.7 Å². The first-order valence-corrected chi connectivity index (χ1v) is 7.37. The van der Waals surface area contributed by atoms with Gasteiger partial charge >= 0.3 is 0 Å². The molecule has 1 aromatic heterocycles. The van der Waals surface area contributed by atoms with Gasteiger partial charge in [0.2, 0.25) is 11.8 Å². The number of hydrogen-bond donors (Lipinski definition) is 0. The molecule has 1 aromatic carbocycles. The largest absolute Gasteiger partial charge is 0.496 e. The van der Waals surface area contributed by atoms with E-state index in [1.807, 2.05) is 29.2 Å². The molecule has 1 fully saturated rings. The van der Waals surface area contributed by atoms with Gasteiger partial charge in [0.25, 0.3) is 0 Å². The minimum absolute atomic E-state index is 0.105. The zero-order valence-corrected chi connectivity index (χ0v) is 12.8. The molecular weight excluding hydrogens is 282 g/mol. The van der Waals surface area contributed by atoms with E-state index in [-0.39, 0.29) is 11.8 Å². The quantitative estimate of drug-likeness (QED) is 0.866. The molecule has 0 aliphatic carbocycles. The molecule has 6 heteroatoms. The summed E-state index contributed by atoms with van der Waals surface area (Å²) < 4.78 is 10.6. The molecule has 0 saturated carbocycles. The van der Waals surface area contributed by atoms with Crippen LogP contribution in [0.3, 0.4) is 0 Å². The molecule has 22 heavy (non-hydrogen) atoms. The summed E-state index contributed by atoms with van der Waals surface area (Å²) in [4.78, 5) is 18.3. The maximum atomic E-state index is 12.2. The zero-order chi connectivity index (χ0) is 15.5. The molecule has 2 heterocycles. The van der Waals surface area contributed by atoms with Crippen LogP contribution in [0.15, 0.2) is 28.8 Å². The van der Waals surface area contributed by atoms with Crippen LogP contribution in [-0.4, -0.2) is 34.6 Å². The van der Waals surface area contributed by atoms with Crippen LogP contribution < -0.4 is 4.74 Å². The SMILES string of the molecule is COc1ccccc1CN1C[C@@H](c2nc(C)no2)CCC1=O. The van der Waals surface area contributed by atoms with Crippen molar-refractivity contribution in [2.24, 2.45) is 0 Å². The molecule has 1 amide bonds. The molecule has 3 rings (SSSR count). The van der Waals surface area contributed by atoms with Crippen molar-refractivity contribution in [2.75, 3.05) is 13.7 Å². The lowest BCUT2D eigenvalue weighted by Gasteiger charge is -2.31. The van der Waals surface area contributed by atoms with Crippen LogP contribution >= 0.6 is 0 Å². The number of hydrogen-bond acceptors (Lipinski definition) is 5. The number of carbonyl (C=O) groups excluding carboxylic acids is 1. The Balaban J connectivity index is 1.75. The summed E-state index contributed by atoms with van der Waals surface area (Å²) in [6, 6.07) is 7.75. The summed E-state index contributed by atoms with van der Waals surface area (Å²) in [6.45, 7) is 2.93. The molecule has 1 atom stereocenters. The first-order valence-electron chi connectivity index (χ1n) is 7.37. The summed E-state index contributed by atoms with van der Waals surface area (Å²) in [5.41, 5.74) is 1.00. The first-order chi connectivity index (χ1) is 10.7. The molecule has 0 spiro atoms. The van der Waals surface area contributed by atoms with Gasteiger partial charge in [-0.2, -0.15) is 4.98 Å². The normalized spacial score (nSPS) is 18.5. The highest BCUT2D eigenvalue weighted by molar-refractivity contribution is 5.77. The lowest BCUT2D eigenvalue weighted by atomic mass is 9.97. The van der Waals surface area contributed by atoms with E-state index in [0.29, 0.717) is 31.2 Å². The van der Waals surface area contributed by atoms with Crippen molar-refractivity contribution in [1.29, 1.82) is 0 Å². The lowest BCUT2D eigenvalue weighted by Crippen LogP contribution is -2.38. The summed E-state index contributed by atoms with van der Waals surface area (Å²) >= 11 is 0. The van der Waals surface area contributed by atoms with Crippen molar-refractivity contribution < 1.29 is 14.1 Å². The number of ether oxygens (including phenoxy) is 1. The maximum absolute atomic E-state index is 12.2. The predicted octanol–water partition coefficient (Wildman–Crippen LogP) is 2.29. The van der Waals surface area contributed by atoms with Crippen molar-refractivity contribution in [3.63, 3.8) is 0 Å². The van der Waals surface area contributed by atoms with Gasteiger partial charge < -0.3 is 14.2 Å². The van der Waals surface area contributed by atoms with Crippen LogP contribution in [0, 0.1) is 6.92 Å². The van der Waals surface area contributed by atoms with Gasteiger partial charge in [-0.25, -0.2) is 0 Å². The molecule has 0 radical (unpaired) electrons. The van der Waals surface area contributed by atoms with E-state index in [1.54, 1.807) is 14.0 Å². The molecule has 1 aliphatic rings. The van der Waals surface area contributed by atoms with Crippen LogP contribution in [0.5, 0.6) is 5.75 Å². The summed E-state index contributed by atoms with van der Waals surface area (Å²) in [6.07, 6.45) is 1.25. The van der Waals surface area contributed by atoms with Gasteiger partial charge in [0.05, 0.1) is 13.0 Å². The van der Waals surface area contributed by atoms with E-state index in [2.05, 4.69) is 10.1 Å². The fourth-order valence-electron chi connectivity index (χ4n) is 2.79. The number of amides is 1. The Morgan fingerprint density at radius 1 is 1.41 bits per heavy atom. The molecule has 6 nitrogen and oxygen atoms in total. The number of para-hydroxylation sites is 1. The number of likely N-dealkylation sites (tertiary alicyclic amines) is 1. The van der Waals surface area contributed by atoms with Gasteiger partial charge in [0.15, 0.2) is 5.82 Å². The second-order valence-corrected chi connectivity index (χ2v) is 5.50. The first kappa shape index (κ1) is 14.6. The number of rotatable bonds is 4. The predicted molar refractivity (Wildman–Crippen MR) is 79.4 cm³/mol. The average molecular weight is 301 g/mol. The minimum Gasteiger partial charge on any atom is -0.496 e. The second kappa shape index (κ2) is 6.17. The number of benzene rings is 1. The lowest BCUT2D eigenvalue weighted by molar-refractivity contribution is -0.134. The molecule has 0 bridgehead atoms. The highest BCUT2D eigenvalue weighted by Crippen LogP contribution is 2.29. The van der Waals surface area contributed by atoms with E-state index >= 15 is 0 Å². The smallest absolute Gasteiger partial charge is 0.231 e. The van der Waals surface area contributed by atoms with Crippen molar-refractivity contribution >= 4 is 5.91 Å². The van der Waals surface area contributed by atoms with Crippen molar-refractivity contribution in [1.82, 2.24) is 15.0 Å². The number of carbonyl (C=O) groups is 1. The van der Waals surface area contributed by atoms with Gasteiger partial charge in [0.1, 0.15) is 5.75 Å². The number of piperidine rings is 1. The summed E-state index contributed by atoms with van der Waals surface area (Å²) in [7, 11) is 1.64. The van der Waals surface area contributed by atoms with Crippen LogP contribution in [0.2, 0.25) is 0 Å². The van der Waals surface area contributed by atoms with Gasteiger partial charge in [-0.3, -0.25) is 4.79 Å². The van der Waals surface area contributed by atoms with E-state index in [4.69, 9.17) is 9.26 Å². The molecule has 0 N–H and O–H groups in total. The second-order valence-electron chi connectivity index (χ2n) is 5.50. The molecule has 2 aromatic rings. The Hall–Kier alpha value is -2.37. The monoisotopic (exact) mass is 301 g/mol. The number of methoxy groups -OCH3 is 1. The standard InChI is InChI=1S/C16H19N3O3/c1-11-17-16(22-18-11)13-7-8-15(20)19(10-13)9-12-5-3-4-6-14(12)21-2/h3-6,13H,7-10H2,1-2H3/t13-/m0/s1. The third kappa shape index (κ3) is 2.95. The zero-order valence-electron chi connectivity index (χ0n) is 12.8. The number of aromatic nitrogens is 2. The minimum atomic E-state index is 0.105. The maximum Gasteiger partial charge on any atom is 0.231 e. The van der Waals surface area contributed by atoms with Crippen molar-refractivity contribution in [3.8, 4) is 5.75 Å². The molecular formula is C16H19N3O3. The van der Waals surface area contributed by atoms with E-state index in [9.17, 15) is 4.79 Å². The van der Waals surface area contributed by atoms with E-state index < -0.39 is 0 Å². The van der Waals surface area contributed by atoms with Crippen LogP contribution in [-0.2, 0) is 11.3 Å². The Morgan fingerprint density at radius 2 is 2.23 bits per heavy atom.